The quantitative estimate of drug-likeness (QED) is 0.933. The molecule has 0 aliphatic carbocycles. The third-order valence-electron chi connectivity index (χ3n) is 2.36. The summed E-state index contributed by atoms with van der Waals surface area (Å²) in [5.74, 6) is 1.74. The summed E-state index contributed by atoms with van der Waals surface area (Å²) < 4.78 is 1.83. The standard InChI is InChI=1S/C11H12Cl2N4/c1-2-3-9-15-4-5-17(9)11-8(13)6-7(12)10(14)16-11/h4-6H,2-3H2,1H3,(H2,14,16). The Balaban J connectivity index is 2.52. The van der Waals surface area contributed by atoms with Gasteiger partial charge in [-0.25, -0.2) is 9.97 Å². The lowest BCUT2D eigenvalue weighted by Gasteiger charge is -2.09. The van der Waals surface area contributed by atoms with Gasteiger partial charge < -0.3 is 5.73 Å². The number of halogens is 2. The van der Waals surface area contributed by atoms with E-state index in [0.29, 0.717) is 15.9 Å². The Morgan fingerprint density at radius 2 is 2.12 bits per heavy atom. The first-order valence-corrected chi connectivity index (χ1v) is 6.03. The molecule has 2 heterocycles. The Bertz CT molecular complexity index is 536. The van der Waals surface area contributed by atoms with Gasteiger partial charge in [0.2, 0.25) is 0 Å². The zero-order valence-corrected chi connectivity index (χ0v) is 10.8. The van der Waals surface area contributed by atoms with Crippen LogP contribution in [0.2, 0.25) is 10.0 Å². The molecule has 0 atom stereocenters. The Morgan fingerprint density at radius 1 is 1.35 bits per heavy atom. The molecule has 2 rings (SSSR count). The molecular weight excluding hydrogens is 259 g/mol. The van der Waals surface area contributed by atoms with Crippen molar-refractivity contribution in [2.45, 2.75) is 19.8 Å². The molecule has 0 saturated carbocycles. The molecule has 0 unspecified atom stereocenters. The van der Waals surface area contributed by atoms with Crippen molar-refractivity contribution in [3.63, 3.8) is 0 Å². The summed E-state index contributed by atoms with van der Waals surface area (Å²) in [4.78, 5) is 8.46. The van der Waals surface area contributed by atoms with E-state index in [-0.39, 0.29) is 5.82 Å². The second-order valence-electron chi connectivity index (χ2n) is 3.62. The number of aryl methyl sites for hydroxylation is 1. The van der Waals surface area contributed by atoms with Gasteiger partial charge in [-0.2, -0.15) is 0 Å². The fourth-order valence-corrected chi connectivity index (χ4v) is 2.02. The van der Waals surface area contributed by atoms with Crippen LogP contribution >= 0.6 is 23.2 Å². The lowest BCUT2D eigenvalue weighted by Crippen LogP contribution is -2.05. The molecule has 2 aromatic rings. The van der Waals surface area contributed by atoms with E-state index in [1.165, 1.54) is 0 Å². The number of hydrogen-bond donors (Lipinski definition) is 1. The molecule has 0 radical (unpaired) electrons. The minimum atomic E-state index is 0.266. The number of nitrogen functional groups attached to an aromatic ring is 1. The van der Waals surface area contributed by atoms with Gasteiger partial charge in [0.15, 0.2) is 5.82 Å². The Hall–Kier alpha value is -1.26. The van der Waals surface area contributed by atoms with E-state index in [0.717, 1.165) is 18.7 Å². The van der Waals surface area contributed by atoms with E-state index in [9.17, 15) is 0 Å². The first-order valence-electron chi connectivity index (χ1n) is 5.27. The normalized spacial score (nSPS) is 10.8. The molecule has 0 spiro atoms. The molecule has 0 amide bonds. The summed E-state index contributed by atoms with van der Waals surface area (Å²) in [5.41, 5.74) is 5.68. The molecule has 0 saturated heterocycles. The molecule has 0 bridgehead atoms. The largest absolute Gasteiger partial charge is 0.382 e. The summed E-state index contributed by atoms with van der Waals surface area (Å²) >= 11 is 12.0. The molecule has 17 heavy (non-hydrogen) atoms. The summed E-state index contributed by atoms with van der Waals surface area (Å²) in [6, 6.07) is 1.59. The highest BCUT2D eigenvalue weighted by atomic mass is 35.5. The predicted molar refractivity (Wildman–Crippen MR) is 69.8 cm³/mol. The molecule has 0 aromatic carbocycles. The van der Waals surface area contributed by atoms with E-state index in [1.54, 1.807) is 12.3 Å². The van der Waals surface area contributed by atoms with Crippen molar-refractivity contribution in [3.8, 4) is 5.82 Å². The number of hydrogen-bond acceptors (Lipinski definition) is 3. The Kier molecular flexibility index (Phi) is 3.54. The number of anilines is 1. The molecule has 6 heteroatoms. The van der Waals surface area contributed by atoms with Gasteiger partial charge in [0.25, 0.3) is 0 Å². The van der Waals surface area contributed by atoms with Crippen LogP contribution in [-0.4, -0.2) is 14.5 Å². The Labute approximate surface area is 109 Å². The molecule has 90 valence electrons. The van der Waals surface area contributed by atoms with Crippen LogP contribution in [0.1, 0.15) is 19.2 Å². The monoisotopic (exact) mass is 270 g/mol. The molecule has 2 aromatic heterocycles. The third kappa shape index (κ3) is 2.37. The van der Waals surface area contributed by atoms with Crippen LogP contribution in [-0.2, 0) is 6.42 Å². The van der Waals surface area contributed by atoms with E-state index >= 15 is 0 Å². The van der Waals surface area contributed by atoms with Gasteiger partial charge >= 0.3 is 0 Å². The number of pyridine rings is 1. The summed E-state index contributed by atoms with van der Waals surface area (Å²) in [6.45, 7) is 2.09. The number of aromatic nitrogens is 3. The molecule has 2 N–H and O–H groups in total. The van der Waals surface area contributed by atoms with Crippen LogP contribution in [0, 0.1) is 0 Å². The predicted octanol–water partition coefficient (Wildman–Crippen LogP) is 3.11. The SMILES string of the molecule is CCCc1nccn1-c1nc(N)c(Cl)cc1Cl. The average molecular weight is 271 g/mol. The van der Waals surface area contributed by atoms with Gasteiger partial charge in [0, 0.05) is 18.8 Å². The van der Waals surface area contributed by atoms with Crippen molar-refractivity contribution in [3.05, 3.63) is 34.3 Å². The highest BCUT2D eigenvalue weighted by Crippen LogP contribution is 2.27. The fraction of sp³-hybridized carbons (Fsp3) is 0.273. The maximum absolute atomic E-state index is 6.11. The molecule has 4 nitrogen and oxygen atoms in total. The fourth-order valence-electron chi connectivity index (χ4n) is 1.58. The minimum absolute atomic E-state index is 0.266. The first-order chi connectivity index (χ1) is 8.13. The van der Waals surface area contributed by atoms with Crippen LogP contribution in [0.25, 0.3) is 5.82 Å². The Morgan fingerprint density at radius 3 is 2.82 bits per heavy atom. The maximum Gasteiger partial charge on any atom is 0.159 e. The topological polar surface area (TPSA) is 56.7 Å². The minimum Gasteiger partial charge on any atom is -0.382 e. The van der Waals surface area contributed by atoms with Crippen LogP contribution < -0.4 is 5.73 Å². The molecule has 0 aliphatic heterocycles. The van der Waals surface area contributed by atoms with E-state index in [2.05, 4.69) is 16.9 Å². The second kappa shape index (κ2) is 4.94. The van der Waals surface area contributed by atoms with Gasteiger partial charge in [-0.3, -0.25) is 4.57 Å². The zero-order valence-electron chi connectivity index (χ0n) is 9.32. The van der Waals surface area contributed by atoms with Crippen LogP contribution in [0.15, 0.2) is 18.5 Å². The number of nitrogens with two attached hydrogens (primary N) is 1. The molecular formula is C11H12Cl2N4. The van der Waals surface area contributed by atoms with Gasteiger partial charge in [-0.15, -0.1) is 0 Å². The molecule has 0 aliphatic rings. The van der Waals surface area contributed by atoms with Crippen molar-refractivity contribution in [2.75, 3.05) is 5.73 Å². The van der Waals surface area contributed by atoms with Gasteiger partial charge in [0.05, 0.1) is 10.0 Å². The van der Waals surface area contributed by atoms with Gasteiger partial charge in [-0.05, 0) is 12.5 Å². The van der Waals surface area contributed by atoms with Crippen molar-refractivity contribution in [1.82, 2.24) is 14.5 Å². The summed E-state index contributed by atoms with van der Waals surface area (Å²) in [5, 5.41) is 0.815. The smallest absolute Gasteiger partial charge is 0.159 e. The lowest BCUT2D eigenvalue weighted by atomic mass is 10.3. The summed E-state index contributed by atoms with van der Waals surface area (Å²) in [6.07, 6.45) is 5.38. The van der Waals surface area contributed by atoms with Gasteiger partial charge in [0.1, 0.15) is 11.6 Å². The van der Waals surface area contributed by atoms with Crippen molar-refractivity contribution in [1.29, 1.82) is 0 Å². The second-order valence-corrected chi connectivity index (χ2v) is 4.44. The summed E-state index contributed by atoms with van der Waals surface area (Å²) in [7, 11) is 0. The van der Waals surface area contributed by atoms with Gasteiger partial charge in [-0.1, -0.05) is 30.1 Å². The first kappa shape index (κ1) is 12.2. The van der Waals surface area contributed by atoms with Crippen molar-refractivity contribution in [2.24, 2.45) is 0 Å². The van der Waals surface area contributed by atoms with E-state index < -0.39 is 0 Å². The van der Waals surface area contributed by atoms with Crippen LogP contribution in [0.4, 0.5) is 5.82 Å². The van der Waals surface area contributed by atoms with E-state index in [1.807, 2.05) is 10.8 Å². The lowest BCUT2D eigenvalue weighted by molar-refractivity contribution is 0.799. The number of nitrogens with zero attached hydrogens (tertiary/aromatic N) is 3. The zero-order chi connectivity index (χ0) is 12.4. The van der Waals surface area contributed by atoms with Crippen LogP contribution in [0.3, 0.4) is 0 Å². The van der Waals surface area contributed by atoms with Crippen molar-refractivity contribution >= 4 is 29.0 Å². The van der Waals surface area contributed by atoms with E-state index in [4.69, 9.17) is 28.9 Å². The highest BCUT2D eigenvalue weighted by molar-refractivity contribution is 6.36. The number of imidazole rings is 1. The van der Waals surface area contributed by atoms with Crippen LogP contribution in [0.5, 0.6) is 0 Å². The highest BCUT2D eigenvalue weighted by Gasteiger charge is 2.12. The molecule has 0 fully saturated rings. The number of rotatable bonds is 3. The maximum atomic E-state index is 6.11. The third-order valence-corrected chi connectivity index (χ3v) is 2.94. The average Bonchev–Trinajstić information content (AvgIpc) is 2.72. The van der Waals surface area contributed by atoms with Crippen molar-refractivity contribution < 1.29 is 0 Å².